The van der Waals surface area contributed by atoms with Gasteiger partial charge in [-0.2, -0.15) is 12.6 Å². The first-order valence-corrected chi connectivity index (χ1v) is 11.5. The molecule has 4 atom stereocenters. The summed E-state index contributed by atoms with van der Waals surface area (Å²) in [5, 5.41) is 34.7. The van der Waals surface area contributed by atoms with E-state index in [0.717, 1.165) is 0 Å². The van der Waals surface area contributed by atoms with Gasteiger partial charge in [0.1, 0.15) is 23.9 Å². The SMILES string of the molecule is CC(C)CC(NC(=O)C(CC(=O)O)NC(=O)C(CS)NC(=O)C(N)Cc1ccc(O)cc1)C(=O)O. The predicted octanol–water partition coefficient (Wildman–Crippen LogP) is -0.748. The van der Waals surface area contributed by atoms with E-state index in [4.69, 9.17) is 10.8 Å². The van der Waals surface area contributed by atoms with E-state index in [2.05, 4.69) is 28.6 Å². The second-order valence-corrected chi connectivity index (χ2v) is 8.77. The number of aliphatic carboxylic acids is 2. The number of nitrogens with two attached hydrogens (primary N) is 1. The molecule has 1 rings (SSSR count). The molecule has 13 heteroatoms. The number of hydrogen-bond donors (Lipinski definition) is 8. The number of phenols is 1. The summed E-state index contributed by atoms with van der Waals surface area (Å²) in [7, 11) is 0. The van der Waals surface area contributed by atoms with Gasteiger partial charge in [0.25, 0.3) is 0 Å². The van der Waals surface area contributed by atoms with Crippen LogP contribution in [-0.4, -0.2) is 74.9 Å². The number of hydrogen-bond acceptors (Lipinski definition) is 8. The first-order valence-electron chi connectivity index (χ1n) is 10.8. The van der Waals surface area contributed by atoms with Crippen molar-refractivity contribution in [2.24, 2.45) is 11.7 Å². The monoisotopic (exact) mass is 512 g/mol. The summed E-state index contributed by atoms with van der Waals surface area (Å²) in [6, 6.07) is 0.912. The van der Waals surface area contributed by atoms with Crippen LogP contribution in [0.15, 0.2) is 24.3 Å². The molecule has 35 heavy (non-hydrogen) atoms. The van der Waals surface area contributed by atoms with Gasteiger partial charge in [0.2, 0.25) is 17.7 Å². The number of thiol groups is 1. The molecular weight excluding hydrogens is 480 g/mol. The summed E-state index contributed by atoms with van der Waals surface area (Å²) < 4.78 is 0. The standard InChI is InChI=1S/C22H32N4O8S/c1-11(2)7-16(22(33)34)25-20(31)15(9-18(28)29)24-21(32)17(10-35)26-19(30)14(23)8-12-3-5-13(27)6-4-12/h3-6,11,14-17,27,35H,7-10,23H2,1-2H3,(H,24,32)(H,25,31)(H,26,30)(H,28,29)(H,33,34). The first kappa shape index (κ1) is 29.7. The summed E-state index contributed by atoms with van der Waals surface area (Å²) >= 11 is 4.03. The zero-order chi connectivity index (χ0) is 26.7. The Hall–Kier alpha value is -3.32. The lowest BCUT2D eigenvalue weighted by Gasteiger charge is -2.24. The van der Waals surface area contributed by atoms with Crippen LogP contribution in [-0.2, 0) is 30.4 Å². The molecule has 0 heterocycles. The highest BCUT2D eigenvalue weighted by Gasteiger charge is 2.31. The number of aromatic hydroxyl groups is 1. The Morgan fingerprint density at radius 3 is 1.89 bits per heavy atom. The smallest absolute Gasteiger partial charge is 0.326 e. The van der Waals surface area contributed by atoms with Crippen LogP contribution < -0.4 is 21.7 Å². The van der Waals surface area contributed by atoms with E-state index in [9.17, 15) is 34.2 Å². The van der Waals surface area contributed by atoms with Crippen LogP contribution >= 0.6 is 12.6 Å². The van der Waals surface area contributed by atoms with E-state index in [1.165, 1.54) is 12.1 Å². The summed E-state index contributed by atoms with van der Waals surface area (Å²) in [5.74, 6) is -5.45. The molecule has 1 aromatic carbocycles. The van der Waals surface area contributed by atoms with E-state index in [-0.39, 0.29) is 30.3 Å². The zero-order valence-electron chi connectivity index (χ0n) is 19.4. The lowest BCUT2D eigenvalue weighted by Crippen LogP contribution is -2.58. The Bertz CT molecular complexity index is 909. The lowest BCUT2D eigenvalue weighted by molar-refractivity contribution is -0.144. The van der Waals surface area contributed by atoms with Crippen molar-refractivity contribution < 1.29 is 39.3 Å². The maximum Gasteiger partial charge on any atom is 0.326 e. The highest BCUT2D eigenvalue weighted by molar-refractivity contribution is 7.80. The lowest BCUT2D eigenvalue weighted by atomic mass is 10.0. The van der Waals surface area contributed by atoms with Crippen molar-refractivity contribution in [3.05, 3.63) is 29.8 Å². The number of carbonyl (C=O) groups is 5. The van der Waals surface area contributed by atoms with E-state index in [1.54, 1.807) is 26.0 Å². The molecule has 0 fully saturated rings. The van der Waals surface area contributed by atoms with E-state index in [1.807, 2.05) is 0 Å². The van der Waals surface area contributed by atoms with Gasteiger partial charge in [-0.1, -0.05) is 26.0 Å². The Balaban J connectivity index is 2.84. The second kappa shape index (κ2) is 14.2. The third-order valence-corrected chi connectivity index (χ3v) is 5.24. The van der Waals surface area contributed by atoms with Gasteiger partial charge in [0.15, 0.2) is 0 Å². The van der Waals surface area contributed by atoms with E-state index in [0.29, 0.717) is 5.56 Å². The molecule has 3 amide bonds. The summed E-state index contributed by atoms with van der Waals surface area (Å²) in [6.45, 7) is 3.51. The fraction of sp³-hybridized carbons (Fsp3) is 0.500. The Morgan fingerprint density at radius 1 is 0.886 bits per heavy atom. The van der Waals surface area contributed by atoms with Crippen LogP contribution in [0, 0.1) is 5.92 Å². The maximum atomic E-state index is 12.7. The minimum atomic E-state index is -1.58. The van der Waals surface area contributed by atoms with Gasteiger partial charge in [-0.15, -0.1) is 0 Å². The van der Waals surface area contributed by atoms with Crippen LogP contribution in [0.2, 0.25) is 0 Å². The van der Waals surface area contributed by atoms with Crippen molar-refractivity contribution >= 4 is 42.3 Å². The molecule has 194 valence electrons. The van der Waals surface area contributed by atoms with Gasteiger partial charge in [-0.3, -0.25) is 19.2 Å². The van der Waals surface area contributed by atoms with Crippen molar-refractivity contribution in [1.82, 2.24) is 16.0 Å². The average Bonchev–Trinajstić information content (AvgIpc) is 2.76. The number of carboxylic acid groups (broad SMARTS) is 2. The normalized spacial score (nSPS) is 14.3. The van der Waals surface area contributed by atoms with Crippen LogP contribution in [0.5, 0.6) is 5.75 Å². The molecule has 0 radical (unpaired) electrons. The third-order valence-electron chi connectivity index (χ3n) is 4.88. The van der Waals surface area contributed by atoms with Crippen molar-refractivity contribution in [2.75, 3.05) is 5.75 Å². The predicted molar refractivity (Wildman–Crippen MR) is 129 cm³/mol. The minimum Gasteiger partial charge on any atom is -0.508 e. The molecule has 0 aromatic heterocycles. The number of nitrogens with one attached hydrogen (secondary N) is 3. The first-order chi connectivity index (χ1) is 16.3. The number of amides is 3. The highest BCUT2D eigenvalue weighted by Crippen LogP contribution is 2.11. The number of benzene rings is 1. The number of carbonyl (C=O) groups excluding carboxylic acids is 3. The van der Waals surface area contributed by atoms with E-state index >= 15 is 0 Å². The molecule has 0 aliphatic rings. The number of rotatable bonds is 14. The molecule has 0 spiro atoms. The second-order valence-electron chi connectivity index (χ2n) is 8.41. The minimum absolute atomic E-state index is 0.0532. The Morgan fingerprint density at radius 2 is 1.40 bits per heavy atom. The van der Waals surface area contributed by atoms with Gasteiger partial charge in [0.05, 0.1) is 12.5 Å². The molecule has 1 aromatic rings. The van der Waals surface area contributed by atoms with Gasteiger partial charge in [0, 0.05) is 5.75 Å². The van der Waals surface area contributed by atoms with Crippen molar-refractivity contribution in [3.8, 4) is 5.75 Å². The molecule has 0 aliphatic heterocycles. The fourth-order valence-corrected chi connectivity index (χ4v) is 3.33. The largest absolute Gasteiger partial charge is 0.508 e. The van der Waals surface area contributed by atoms with Crippen molar-refractivity contribution in [2.45, 2.75) is 57.3 Å². The quantitative estimate of drug-likeness (QED) is 0.147. The molecule has 8 N–H and O–H groups in total. The zero-order valence-corrected chi connectivity index (χ0v) is 20.3. The summed E-state index contributed by atoms with van der Waals surface area (Å²) in [6.07, 6.45) is -0.592. The molecule has 12 nitrogen and oxygen atoms in total. The molecule has 0 aliphatic carbocycles. The molecule has 0 saturated carbocycles. The highest BCUT2D eigenvalue weighted by atomic mass is 32.1. The van der Waals surface area contributed by atoms with E-state index < -0.39 is 60.2 Å². The summed E-state index contributed by atoms with van der Waals surface area (Å²) in [4.78, 5) is 60.4. The van der Waals surface area contributed by atoms with Crippen LogP contribution in [0.4, 0.5) is 0 Å². The third kappa shape index (κ3) is 10.6. The maximum absolute atomic E-state index is 12.7. The molecule has 0 saturated heterocycles. The Kier molecular flexibility index (Phi) is 12.0. The van der Waals surface area contributed by atoms with Crippen LogP contribution in [0.3, 0.4) is 0 Å². The van der Waals surface area contributed by atoms with Crippen molar-refractivity contribution in [1.29, 1.82) is 0 Å². The van der Waals surface area contributed by atoms with Crippen LogP contribution in [0.1, 0.15) is 32.3 Å². The number of phenolic OH excluding ortho intramolecular Hbond substituents is 1. The topological polar surface area (TPSA) is 208 Å². The average molecular weight is 513 g/mol. The number of carboxylic acids is 2. The summed E-state index contributed by atoms with van der Waals surface area (Å²) in [5.41, 5.74) is 6.57. The van der Waals surface area contributed by atoms with Crippen LogP contribution in [0.25, 0.3) is 0 Å². The van der Waals surface area contributed by atoms with Gasteiger partial charge in [-0.05, 0) is 36.5 Å². The van der Waals surface area contributed by atoms with Crippen molar-refractivity contribution in [3.63, 3.8) is 0 Å². The molecule has 4 unspecified atom stereocenters. The van der Waals surface area contributed by atoms with Gasteiger partial charge >= 0.3 is 11.9 Å². The molecular formula is C22H32N4O8S. The van der Waals surface area contributed by atoms with Gasteiger partial charge in [-0.25, -0.2) is 4.79 Å². The molecule has 0 bridgehead atoms. The van der Waals surface area contributed by atoms with Gasteiger partial charge < -0.3 is 37.0 Å². The Labute approximate surface area is 208 Å². The fourth-order valence-electron chi connectivity index (χ4n) is 3.07.